The second kappa shape index (κ2) is 12.3. The molecule has 10 nitrogen and oxygen atoms in total. The molecule has 4 aliphatic rings. The molecule has 2 saturated heterocycles. The van der Waals surface area contributed by atoms with Gasteiger partial charge in [0.05, 0.1) is 24.1 Å². The molecule has 1 aromatic carbocycles. The van der Waals surface area contributed by atoms with Crippen molar-refractivity contribution in [2.45, 2.75) is 95.1 Å². The number of benzene rings is 1. The largest absolute Gasteiger partial charge is 0.495 e. The number of rotatable bonds is 9. The predicted molar refractivity (Wildman–Crippen MR) is 167 cm³/mol. The number of nitrogens with zero attached hydrogens (tertiary/aromatic N) is 4. The minimum absolute atomic E-state index is 0.00757. The van der Waals surface area contributed by atoms with Gasteiger partial charge in [-0.05, 0) is 56.8 Å². The van der Waals surface area contributed by atoms with E-state index in [9.17, 15) is 22.8 Å². The second-order valence-electron chi connectivity index (χ2n) is 13.4. The smallest absolute Gasteiger partial charge is 0.419 e. The van der Waals surface area contributed by atoms with Crippen molar-refractivity contribution in [1.29, 1.82) is 0 Å². The van der Waals surface area contributed by atoms with Gasteiger partial charge in [0.2, 0.25) is 11.9 Å². The summed E-state index contributed by atoms with van der Waals surface area (Å²) < 4.78 is 47.9. The molecule has 4 atom stereocenters. The summed E-state index contributed by atoms with van der Waals surface area (Å²) in [5.41, 5.74) is -0.471. The highest BCUT2D eigenvalue weighted by atomic mass is 19.4. The average Bonchev–Trinajstić information content (AvgIpc) is 3.90. The molecule has 2 aliphatic heterocycles. The number of anilines is 2. The van der Waals surface area contributed by atoms with Gasteiger partial charge in [-0.25, -0.2) is 9.97 Å². The van der Waals surface area contributed by atoms with Crippen LogP contribution in [0.15, 0.2) is 24.4 Å². The van der Waals surface area contributed by atoms with Crippen LogP contribution in [0.4, 0.5) is 24.8 Å². The number of halogens is 3. The number of alkyl halides is 3. The van der Waals surface area contributed by atoms with Crippen molar-refractivity contribution in [3.63, 3.8) is 0 Å². The molecule has 1 unspecified atom stereocenters. The molecule has 13 heteroatoms. The Kier molecular flexibility index (Phi) is 8.68. The monoisotopic (exact) mass is 643 g/mol. The van der Waals surface area contributed by atoms with Crippen LogP contribution in [0.25, 0.3) is 0 Å². The Morgan fingerprint density at radius 2 is 1.96 bits per heavy atom. The molecule has 2 aromatic rings. The molecule has 0 bridgehead atoms. The zero-order valence-corrected chi connectivity index (χ0v) is 27.0. The summed E-state index contributed by atoms with van der Waals surface area (Å²) in [5.74, 6) is 0.159. The molecule has 3 N–H and O–H groups in total. The maximum absolute atomic E-state index is 14.1. The Bertz CT molecular complexity index is 1480. The number of fused-ring (bicyclic) bond motifs is 1. The van der Waals surface area contributed by atoms with Gasteiger partial charge in [-0.2, -0.15) is 13.2 Å². The fraction of sp³-hybridized carbons (Fsp3) is 0.636. The lowest BCUT2D eigenvalue weighted by atomic mass is 9.78. The molecule has 1 aromatic heterocycles. The first-order valence-electron chi connectivity index (χ1n) is 16.3. The lowest BCUT2D eigenvalue weighted by molar-refractivity contribution is -0.138. The summed E-state index contributed by atoms with van der Waals surface area (Å²) in [4.78, 5) is 37.7. The number of likely N-dealkylation sites (tertiary alicyclic amines) is 1. The van der Waals surface area contributed by atoms with Crippen molar-refractivity contribution in [2.75, 3.05) is 39.1 Å². The number of piperidine rings is 1. The van der Waals surface area contributed by atoms with Crippen LogP contribution in [0, 0.1) is 5.41 Å². The van der Waals surface area contributed by atoms with Crippen molar-refractivity contribution in [3.05, 3.63) is 41.2 Å². The van der Waals surface area contributed by atoms with E-state index >= 15 is 0 Å². The zero-order valence-electron chi connectivity index (χ0n) is 27.0. The molecule has 4 fully saturated rings. The van der Waals surface area contributed by atoms with Crippen LogP contribution in [-0.4, -0.2) is 89.0 Å². The van der Waals surface area contributed by atoms with E-state index in [2.05, 4.69) is 37.7 Å². The maximum atomic E-state index is 14.1. The van der Waals surface area contributed by atoms with Crippen molar-refractivity contribution in [2.24, 2.45) is 5.41 Å². The molecule has 6 rings (SSSR count). The van der Waals surface area contributed by atoms with E-state index in [1.54, 1.807) is 25.1 Å². The van der Waals surface area contributed by atoms with Gasteiger partial charge < -0.3 is 30.5 Å². The summed E-state index contributed by atoms with van der Waals surface area (Å²) >= 11 is 0. The minimum atomic E-state index is -4.61. The van der Waals surface area contributed by atoms with Crippen LogP contribution < -0.4 is 20.7 Å². The van der Waals surface area contributed by atoms with Crippen molar-refractivity contribution >= 4 is 23.5 Å². The first kappa shape index (κ1) is 32.5. The van der Waals surface area contributed by atoms with E-state index in [1.807, 2.05) is 11.9 Å². The summed E-state index contributed by atoms with van der Waals surface area (Å²) in [7, 11) is 3.30. The SMILES string of the molecule is CCN1CCC(NC(=O)c2ccc(Nc3ncc(C(F)(F)F)c(CC4N[C@@]45C[C@@]54CCCC[C@H]4N(C)C(C)=O)n3)c(OC)c2)CC1. The van der Waals surface area contributed by atoms with Gasteiger partial charge in [0.15, 0.2) is 0 Å². The Labute approximate surface area is 267 Å². The van der Waals surface area contributed by atoms with E-state index in [-0.39, 0.29) is 59.0 Å². The number of methoxy groups -OCH3 is 1. The molecule has 2 aliphatic carbocycles. The van der Waals surface area contributed by atoms with Crippen molar-refractivity contribution in [3.8, 4) is 5.75 Å². The minimum Gasteiger partial charge on any atom is -0.495 e. The van der Waals surface area contributed by atoms with Crippen LogP contribution in [0.1, 0.15) is 80.4 Å². The number of amides is 2. The molecule has 250 valence electrons. The summed E-state index contributed by atoms with van der Waals surface area (Å²) in [5, 5.41) is 9.63. The zero-order chi connectivity index (χ0) is 32.9. The lowest BCUT2D eigenvalue weighted by Crippen LogP contribution is -2.46. The highest BCUT2D eigenvalue weighted by molar-refractivity contribution is 5.95. The van der Waals surface area contributed by atoms with E-state index < -0.39 is 11.7 Å². The van der Waals surface area contributed by atoms with Crippen LogP contribution in [-0.2, 0) is 17.4 Å². The van der Waals surface area contributed by atoms with Crippen LogP contribution in [0.3, 0.4) is 0 Å². The fourth-order valence-corrected chi connectivity index (χ4v) is 8.13. The van der Waals surface area contributed by atoms with Gasteiger partial charge in [0, 0.05) is 74.3 Å². The highest BCUT2D eigenvalue weighted by Crippen LogP contribution is 2.72. The van der Waals surface area contributed by atoms with Gasteiger partial charge in [-0.3, -0.25) is 9.59 Å². The molecule has 0 radical (unpaired) electrons. The Hall–Kier alpha value is -3.45. The molecular weight excluding hydrogens is 599 g/mol. The molecule has 2 spiro atoms. The first-order valence-corrected chi connectivity index (χ1v) is 16.3. The van der Waals surface area contributed by atoms with Crippen LogP contribution >= 0.6 is 0 Å². The predicted octanol–water partition coefficient (Wildman–Crippen LogP) is 4.53. The molecular formula is C33H44F3N7O3. The van der Waals surface area contributed by atoms with Gasteiger partial charge >= 0.3 is 6.18 Å². The number of ether oxygens (including phenoxy) is 1. The lowest BCUT2D eigenvalue weighted by Gasteiger charge is -2.39. The van der Waals surface area contributed by atoms with Crippen molar-refractivity contribution in [1.82, 2.24) is 30.4 Å². The van der Waals surface area contributed by atoms with E-state index in [1.165, 1.54) is 7.11 Å². The van der Waals surface area contributed by atoms with Gasteiger partial charge in [-0.15, -0.1) is 0 Å². The Morgan fingerprint density at radius 3 is 2.63 bits per heavy atom. The number of carbonyl (C=O) groups excluding carboxylic acids is 2. The van der Waals surface area contributed by atoms with Gasteiger partial charge in [0.1, 0.15) is 5.75 Å². The second-order valence-corrected chi connectivity index (χ2v) is 13.4. The van der Waals surface area contributed by atoms with E-state index in [4.69, 9.17) is 4.74 Å². The Morgan fingerprint density at radius 1 is 1.20 bits per heavy atom. The first-order chi connectivity index (χ1) is 21.9. The molecule has 2 saturated carbocycles. The highest BCUT2D eigenvalue weighted by Gasteiger charge is 2.82. The fourth-order valence-electron chi connectivity index (χ4n) is 8.13. The number of hydrogen-bond acceptors (Lipinski definition) is 8. The van der Waals surface area contributed by atoms with Crippen LogP contribution in [0.2, 0.25) is 0 Å². The average molecular weight is 644 g/mol. The summed E-state index contributed by atoms with van der Waals surface area (Å²) in [6, 6.07) is 4.91. The third-order valence-electron chi connectivity index (χ3n) is 10.9. The normalized spacial score (nSPS) is 27.8. The Balaban J connectivity index is 1.17. The van der Waals surface area contributed by atoms with Gasteiger partial charge in [-0.1, -0.05) is 19.8 Å². The third kappa shape index (κ3) is 6.03. The molecule has 2 amide bonds. The van der Waals surface area contributed by atoms with E-state index in [0.717, 1.165) is 70.8 Å². The molecule has 46 heavy (non-hydrogen) atoms. The standard InChI is InChI=1S/C33H44F3N7O3/c1-5-43-14-11-22(12-15-43)38-29(45)21-9-10-24(26(16-21)46-4)39-30-37-18-23(33(34,35)36)25(40-30)17-27-32(41-27)19-31(32)13-7-6-8-28(31)42(3)20(2)44/h9-10,16,18,22,27-28,41H,5-8,11-15,17,19H2,1-4H3,(H,38,45)(H,37,39,40)/t27?,28-,31-,32+/m1/s1. The maximum Gasteiger partial charge on any atom is 0.419 e. The summed E-state index contributed by atoms with van der Waals surface area (Å²) in [6.45, 7) is 6.58. The third-order valence-corrected chi connectivity index (χ3v) is 10.9. The number of hydrogen-bond donors (Lipinski definition) is 3. The van der Waals surface area contributed by atoms with Crippen LogP contribution in [0.5, 0.6) is 5.75 Å². The summed E-state index contributed by atoms with van der Waals surface area (Å²) in [6.07, 6.45) is 2.88. The quantitative estimate of drug-likeness (QED) is 0.341. The van der Waals surface area contributed by atoms with E-state index in [0.29, 0.717) is 17.0 Å². The number of carbonyl (C=O) groups is 2. The topological polar surface area (TPSA) is 122 Å². The van der Waals surface area contributed by atoms with Gasteiger partial charge in [0.25, 0.3) is 5.91 Å². The number of aromatic nitrogens is 2. The van der Waals surface area contributed by atoms with Crippen molar-refractivity contribution < 1.29 is 27.5 Å². The number of nitrogens with one attached hydrogen (secondary N) is 3. The molecule has 3 heterocycles.